The van der Waals surface area contributed by atoms with Crippen molar-refractivity contribution in [2.24, 2.45) is 0 Å². The molecular weight excluding hydrogens is 338 g/mol. The first-order chi connectivity index (χ1) is 10.1. The van der Waals surface area contributed by atoms with Gasteiger partial charge in [0.05, 0.1) is 4.92 Å². The summed E-state index contributed by atoms with van der Waals surface area (Å²) in [4.78, 5) is 24.4. The molecule has 0 atom stereocenters. The van der Waals surface area contributed by atoms with Gasteiger partial charge in [-0.05, 0) is 31.4 Å². The zero-order valence-electron chi connectivity index (χ0n) is 11.7. The Bertz CT molecular complexity index is 530. The molecule has 0 bridgehead atoms. The number of hydrogen-bond acceptors (Lipinski definition) is 4. The van der Waals surface area contributed by atoms with Gasteiger partial charge in [0, 0.05) is 36.6 Å². The van der Waals surface area contributed by atoms with Crippen LogP contribution in [0.1, 0.15) is 25.7 Å². The molecule has 6 nitrogen and oxygen atoms in total. The normalized spacial score (nSPS) is 14.8. The Morgan fingerprint density at radius 1 is 1.33 bits per heavy atom. The maximum atomic E-state index is 12.0. The van der Waals surface area contributed by atoms with Gasteiger partial charge in [-0.3, -0.25) is 14.9 Å². The van der Waals surface area contributed by atoms with Crippen LogP contribution in [-0.2, 0) is 4.79 Å². The highest BCUT2D eigenvalue weighted by atomic mass is 79.9. The number of piperidine rings is 1. The van der Waals surface area contributed by atoms with Crippen molar-refractivity contribution in [3.05, 3.63) is 32.8 Å². The summed E-state index contributed by atoms with van der Waals surface area (Å²) < 4.78 is 0.762. The van der Waals surface area contributed by atoms with Crippen LogP contribution < -0.4 is 5.32 Å². The number of nitrogens with one attached hydrogen (secondary N) is 1. The van der Waals surface area contributed by atoms with Crippen LogP contribution in [0.5, 0.6) is 0 Å². The zero-order valence-corrected chi connectivity index (χ0v) is 13.3. The van der Waals surface area contributed by atoms with Crippen molar-refractivity contribution in [2.75, 3.05) is 25.0 Å². The molecule has 1 aliphatic rings. The Hall–Kier alpha value is -1.63. The van der Waals surface area contributed by atoms with Crippen molar-refractivity contribution in [1.29, 1.82) is 0 Å². The molecule has 0 radical (unpaired) electrons. The highest BCUT2D eigenvalue weighted by Crippen LogP contribution is 2.27. The summed E-state index contributed by atoms with van der Waals surface area (Å²) in [5.41, 5.74) is 0.449. The van der Waals surface area contributed by atoms with E-state index in [0.717, 1.165) is 30.4 Å². The molecule has 1 aromatic carbocycles. The third kappa shape index (κ3) is 4.42. The lowest BCUT2D eigenvalue weighted by molar-refractivity contribution is -0.384. The Balaban J connectivity index is 1.89. The van der Waals surface area contributed by atoms with E-state index in [1.165, 1.54) is 12.5 Å². The van der Waals surface area contributed by atoms with Crippen LogP contribution in [-0.4, -0.2) is 35.4 Å². The number of halogens is 1. The molecule has 114 valence electrons. The van der Waals surface area contributed by atoms with Gasteiger partial charge < -0.3 is 10.2 Å². The van der Waals surface area contributed by atoms with Crippen molar-refractivity contribution >= 4 is 33.2 Å². The molecule has 1 heterocycles. The number of benzene rings is 1. The molecular formula is C14H18BrN3O3. The molecule has 0 saturated carbocycles. The Morgan fingerprint density at radius 3 is 2.71 bits per heavy atom. The van der Waals surface area contributed by atoms with E-state index in [0.29, 0.717) is 18.7 Å². The second-order valence-electron chi connectivity index (χ2n) is 5.04. The molecule has 0 aliphatic carbocycles. The fourth-order valence-electron chi connectivity index (χ4n) is 2.41. The minimum Gasteiger partial charge on any atom is -0.379 e. The standard InChI is InChI=1S/C14H18BrN3O3/c15-11-4-5-13(18(20)21)12(10-11)16-7-6-14(19)17-8-2-1-3-9-17/h4-5,10,16H,1-3,6-9H2. The predicted octanol–water partition coefficient (Wildman–Crippen LogP) is 3.17. The molecule has 21 heavy (non-hydrogen) atoms. The number of amides is 1. The first kappa shape index (κ1) is 15.8. The summed E-state index contributed by atoms with van der Waals surface area (Å²) in [5.74, 6) is 0.111. The summed E-state index contributed by atoms with van der Waals surface area (Å²) in [6, 6.07) is 4.73. The minimum absolute atomic E-state index is 0.0172. The van der Waals surface area contributed by atoms with Crippen LogP contribution in [0.4, 0.5) is 11.4 Å². The fourth-order valence-corrected chi connectivity index (χ4v) is 2.78. The summed E-state index contributed by atoms with van der Waals surface area (Å²) in [6.07, 6.45) is 3.67. The quantitative estimate of drug-likeness (QED) is 0.650. The zero-order chi connectivity index (χ0) is 15.2. The van der Waals surface area contributed by atoms with Gasteiger partial charge in [-0.15, -0.1) is 0 Å². The summed E-state index contributed by atoms with van der Waals surface area (Å²) >= 11 is 3.29. The van der Waals surface area contributed by atoms with E-state index in [1.54, 1.807) is 12.1 Å². The molecule has 7 heteroatoms. The van der Waals surface area contributed by atoms with Gasteiger partial charge in [-0.2, -0.15) is 0 Å². The molecule has 0 aromatic heterocycles. The number of likely N-dealkylation sites (tertiary alicyclic amines) is 1. The topological polar surface area (TPSA) is 75.5 Å². The molecule has 1 aliphatic heterocycles. The molecule has 1 fully saturated rings. The van der Waals surface area contributed by atoms with Gasteiger partial charge in [-0.1, -0.05) is 15.9 Å². The second kappa shape index (κ2) is 7.40. The average molecular weight is 356 g/mol. The first-order valence-corrected chi connectivity index (χ1v) is 7.83. The van der Waals surface area contributed by atoms with Crippen molar-refractivity contribution in [2.45, 2.75) is 25.7 Å². The Morgan fingerprint density at radius 2 is 2.05 bits per heavy atom. The van der Waals surface area contributed by atoms with Crippen molar-refractivity contribution in [3.8, 4) is 0 Å². The molecule has 2 rings (SSSR count). The van der Waals surface area contributed by atoms with Crippen LogP contribution in [0.15, 0.2) is 22.7 Å². The Kier molecular flexibility index (Phi) is 5.55. The first-order valence-electron chi connectivity index (χ1n) is 7.03. The lowest BCUT2D eigenvalue weighted by Crippen LogP contribution is -2.36. The van der Waals surface area contributed by atoms with E-state index < -0.39 is 4.92 Å². The van der Waals surface area contributed by atoms with E-state index in [2.05, 4.69) is 21.2 Å². The van der Waals surface area contributed by atoms with E-state index in [9.17, 15) is 14.9 Å². The lowest BCUT2D eigenvalue weighted by Gasteiger charge is -2.26. The lowest BCUT2D eigenvalue weighted by atomic mass is 10.1. The third-order valence-electron chi connectivity index (χ3n) is 3.52. The van der Waals surface area contributed by atoms with E-state index in [1.807, 2.05) is 4.90 Å². The van der Waals surface area contributed by atoms with E-state index in [4.69, 9.17) is 0 Å². The van der Waals surface area contributed by atoms with Crippen LogP contribution in [0, 0.1) is 10.1 Å². The number of hydrogen-bond donors (Lipinski definition) is 1. The van der Waals surface area contributed by atoms with Crippen molar-refractivity contribution in [3.63, 3.8) is 0 Å². The number of nitro benzene ring substituents is 1. The number of carbonyl (C=O) groups is 1. The van der Waals surface area contributed by atoms with Gasteiger partial charge in [0.25, 0.3) is 5.69 Å². The van der Waals surface area contributed by atoms with Crippen molar-refractivity contribution in [1.82, 2.24) is 4.90 Å². The highest BCUT2D eigenvalue weighted by Gasteiger charge is 2.17. The molecule has 1 amide bonds. The number of rotatable bonds is 5. The van der Waals surface area contributed by atoms with Crippen LogP contribution in [0.25, 0.3) is 0 Å². The van der Waals surface area contributed by atoms with E-state index in [-0.39, 0.29) is 11.6 Å². The van der Waals surface area contributed by atoms with Crippen LogP contribution >= 0.6 is 15.9 Å². The predicted molar refractivity (Wildman–Crippen MR) is 84.3 cm³/mol. The van der Waals surface area contributed by atoms with Gasteiger partial charge in [0.2, 0.25) is 5.91 Å². The summed E-state index contributed by atoms with van der Waals surface area (Å²) in [5, 5.41) is 13.9. The monoisotopic (exact) mass is 355 g/mol. The molecule has 1 aromatic rings. The van der Waals surface area contributed by atoms with Gasteiger partial charge in [0.1, 0.15) is 5.69 Å². The number of nitrogens with zero attached hydrogens (tertiary/aromatic N) is 2. The smallest absolute Gasteiger partial charge is 0.292 e. The van der Waals surface area contributed by atoms with Crippen LogP contribution in [0.2, 0.25) is 0 Å². The molecule has 0 unspecified atom stereocenters. The van der Waals surface area contributed by atoms with Gasteiger partial charge in [-0.25, -0.2) is 0 Å². The maximum absolute atomic E-state index is 12.0. The summed E-state index contributed by atoms with van der Waals surface area (Å²) in [6.45, 7) is 2.05. The number of nitro groups is 1. The summed E-state index contributed by atoms with van der Waals surface area (Å²) in [7, 11) is 0. The Labute approximate surface area is 131 Å². The minimum atomic E-state index is -0.429. The highest BCUT2D eigenvalue weighted by molar-refractivity contribution is 9.10. The van der Waals surface area contributed by atoms with Crippen molar-refractivity contribution < 1.29 is 9.72 Å². The maximum Gasteiger partial charge on any atom is 0.292 e. The van der Waals surface area contributed by atoms with Gasteiger partial charge >= 0.3 is 0 Å². The molecule has 1 saturated heterocycles. The largest absolute Gasteiger partial charge is 0.379 e. The fraction of sp³-hybridized carbons (Fsp3) is 0.500. The van der Waals surface area contributed by atoms with Crippen LogP contribution in [0.3, 0.4) is 0 Å². The third-order valence-corrected chi connectivity index (χ3v) is 4.01. The van der Waals surface area contributed by atoms with Gasteiger partial charge in [0.15, 0.2) is 0 Å². The molecule has 1 N–H and O–H groups in total. The number of anilines is 1. The SMILES string of the molecule is O=C(CCNc1cc(Br)ccc1[N+](=O)[O-])N1CCCCC1. The molecule has 0 spiro atoms. The number of carbonyl (C=O) groups excluding carboxylic acids is 1. The average Bonchev–Trinajstić information content (AvgIpc) is 2.48. The second-order valence-corrected chi connectivity index (χ2v) is 5.95. The van der Waals surface area contributed by atoms with E-state index >= 15 is 0 Å².